The van der Waals surface area contributed by atoms with E-state index in [0.29, 0.717) is 0 Å². The van der Waals surface area contributed by atoms with Crippen molar-refractivity contribution < 1.29 is 0 Å². The highest BCUT2D eigenvalue weighted by molar-refractivity contribution is 6.20. The molecule has 2 nitrogen and oxygen atoms in total. The molecule has 10 aromatic carbocycles. The Morgan fingerprint density at radius 3 is 1.59 bits per heavy atom. The molecule has 0 bridgehead atoms. The molecule has 58 heavy (non-hydrogen) atoms. The predicted octanol–water partition coefficient (Wildman–Crippen LogP) is 15.6. The van der Waals surface area contributed by atoms with Gasteiger partial charge in [-0.1, -0.05) is 188 Å². The van der Waals surface area contributed by atoms with Crippen molar-refractivity contribution in [2.24, 2.45) is 0 Å². The van der Waals surface area contributed by atoms with Gasteiger partial charge in [0.1, 0.15) is 0 Å². The van der Waals surface area contributed by atoms with Gasteiger partial charge in [-0.15, -0.1) is 0 Å². The van der Waals surface area contributed by atoms with Gasteiger partial charge < -0.3 is 9.47 Å². The van der Waals surface area contributed by atoms with Crippen molar-refractivity contribution >= 4 is 60.4 Å². The molecule has 1 aromatic heterocycles. The fourth-order valence-electron chi connectivity index (χ4n) is 9.02. The van der Waals surface area contributed by atoms with Crippen LogP contribution in [0.4, 0.5) is 17.1 Å². The number of aromatic nitrogens is 1. The predicted molar refractivity (Wildman–Crippen MR) is 247 cm³/mol. The van der Waals surface area contributed by atoms with Gasteiger partial charge in [0.25, 0.3) is 0 Å². The third kappa shape index (κ3) is 5.57. The number of rotatable bonds is 7. The molecule has 0 radical (unpaired) electrons. The topological polar surface area (TPSA) is 8.17 Å². The van der Waals surface area contributed by atoms with Gasteiger partial charge in [0.15, 0.2) is 0 Å². The minimum atomic E-state index is 1.12. The molecule has 0 aliphatic carbocycles. The largest absolute Gasteiger partial charge is 0.309 e. The van der Waals surface area contributed by atoms with Crippen LogP contribution in [0.1, 0.15) is 0 Å². The van der Waals surface area contributed by atoms with E-state index in [1.54, 1.807) is 0 Å². The number of fused-ring (bicyclic) bond motifs is 6. The van der Waals surface area contributed by atoms with Crippen LogP contribution in [-0.4, -0.2) is 4.57 Å². The molecule has 1 heterocycles. The molecule has 0 saturated heterocycles. The summed E-state index contributed by atoms with van der Waals surface area (Å²) >= 11 is 0. The molecule has 0 spiro atoms. The Balaban J connectivity index is 1.20. The van der Waals surface area contributed by atoms with Crippen LogP contribution in [0.5, 0.6) is 0 Å². The van der Waals surface area contributed by atoms with Crippen LogP contribution in [0, 0.1) is 0 Å². The van der Waals surface area contributed by atoms with Crippen molar-refractivity contribution in [1.29, 1.82) is 0 Å². The van der Waals surface area contributed by atoms with Gasteiger partial charge in [-0.25, -0.2) is 0 Å². The van der Waals surface area contributed by atoms with Crippen LogP contribution in [0.2, 0.25) is 0 Å². The normalized spacial score (nSPS) is 11.4. The SMILES string of the molecule is c1ccc(-c2ccccc2-c2cccc(-n3c4ccccc4c4c(N(c5ccccc5-c5ccccc5)c5cc6ccccc6c6ccccc56)cccc43)c2)cc1. The molecule has 0 aliphatic rings. The van der Waals surface area contributed by atoms with E-state index < -0.39 is 0 Å². The maximum absolute atomic E-state index is 2.52. The summed E-state index contributed by atoms with van der Waals surface area (Å²) in [6, 6.07) is 83.7. The number of hydrogen-bond donors (Lipinski definition) is 0. The minimum absolute atomic E-state index is 1.12. The third-order valence-corrected chi connectivity index (χ3v) is 11.6. The Labute approximate surface area is 338 Å². The summed E-state index contributed by atoms with van der Waals surface area (Å²) in [5.41, 5.74) is 14.0. The fraction of sp³-hybridized carbons (Fsp3) is 0. The molecule has 0 unspecified atom stereocenters. The smallest absolute Gasteiger partial charge is 0.0562 e. The summed E-state index contributed by atoms with van der Waals surface area (Å²) in [5.74, 6) is 0. The average Bonchev–Trinajstić information content (AvgIpc) is 3.65. The van der Waals surface area contributed by atoms with Crippen molar-refractivity contribution in [2.75, 3.05) is 4.90 Å². The van der Waals surface area contributed by atoms with Crippen molar-refractivity contribution in [3.05, 3.63) is 231 Å². The standard InChI is InChI=1S/C56H38N2/c1-3-19-39(20-4-1)44-26-9-10-27-45(44)41-24-17-25-43(37-41)57-52-34-16-14-32-50(52)56-53(57)35-18-36-54(56)58(51-33-15-13-29-47(51)40-21-5-2-6-22-40)55-38-42-23-7-8-28-46(42)48-30-11-12-31-49(48)55/h1-38H. The Morgan fingerprint density at radius 1 is 0.293 bits per heavy atom. The molecule has 0 amide bonds. The van der Waals surface area contributed by atoms with Gasteiger partial charge in [-0.05, 0) is 86.4 Å². The van der Waals surface area contributed by atoms with Crippen LogP contribution < -0.4 is 4.90 Å². The summed E-state index contributed by atoms with van der Waals surface area (Å²) in [6.45, 7) is 0. The lowest BCUT2D eigenvalue weighted by Gasteiger charge is -2.30. The zero-order valence-electron chi connectivity index (χ0n) is 31.8. The van der Waals surface area contributed by atoms with E-state index in [2.05, 4.69) is 240 Å². The van der Waals surface area contributed by atoms with E-state index in [-0.39, 0.29) is 0 Å². The average molecular weight is 739 g/mol. The van der Waals surface area contributed by atoms with Crippen LogP contribution in [0.25, 0.3) is 82.4 Å². The summed E-state index contributed by atoms with van der Waals surface area (Å²) in [4.78, 5) is 2.52. The summed E-state index contributed by atoms with van der Waals surface area (Å²) in [5, 5.41) is 7.31. The molecule has 0 atom stereocenters. The Morgan fingerprint density at radius 2 is 0.810 bits per heavy atom. The van der Waals surface area contributed by atoms with Crippen molar-refractivity contribution in [3.63, 3.8) is 0 Å². The molecule has 2 heteroatoms. The molecular formula is C56H38N2. The van der Waals surface area contributed by atoms with Crippen LogP contribution in [0.3, 0.4) is 0 Å². The second-order valence-corrected chi connectivity index (χ2v) is 14.9. The highest BCUT2D eigenvalue weighted by atomic mass is 15.2. The minimum Gasteiger partial charge on any atom is -0.309 e. The molecule has 11 rings (SSSR count). The van der Waals surface area contributed by atoms with E-state index in [0.717, 1.165) is 33.8 Å². The van der Waals surface area contributed by atoms with Crippen LogP contribution in [0.15, 0.2) is 231 Å². The van der Waals surface area contributed by atoms with Gasteiger partial charge >= 0.3 is 0 Å². The number of para-hydroxylation sites is 2. The molecule has 0 N–H and O–H groups in total. The zero-order chi connectivity index (χ0) is 38.4. The quantitative estimate of drug-likeness (QED) is 0.148. The highest BCUT2D eigenvalue weighted by Gasteiger charge is 2.25. The first-order valence-electron chi connectivity index (χ1n) is 19.9. The summed E-state index contributed by atoms with van der Waals surface area (Å²) in [6.07, 6.45) is 0. The van der Waals surface area contributed by atoms with E-state index in [1.807, 2.05) is 0 Å². The molecule has 0 saturated carbocycles. The van der Waals surface area contributed by atoms with E-state index in [9.17, 15) is 0 Å². The Hall–Kier alpha value is -7.68. The van der Waals surface area contributed by atoms with Gasteiger partial charge in [0.05, 0.1) is 28.1 Å². The summed E-state index contributed by atoms with van der Waals surface area (Å²) < 4.78 is 2.45. The first kappa shape index (κ1) is 33.6. The van der Waals surface area contributed by atoms with Crippen molar-refractivity contribution in [2.45, 2.75) is 0 Å². The summed E-state index contributed by atoms with van der Waals surface area (Å²) in [7, 11) is 0. The number of benzene rings is 10. The lowest BCUT2D eigenvalue weighted by Crippen LogP contribution is -2.12. The number of anilines is 3. The second-order valence-electron chi connectivity index (χ2n) is 14.9. The third-order valence-electron chi connectivity index (χ3n) is 11.6. The fourth-order valence-corrected chi connectivity index (χ4v) is 9.02. The van der Waals surface area contributed by atoms with E-state index >= 15 is 0 Å². The van der Waals surface area contributed by atoms with Gasteiger partial charge in [-0.2, -0.15) is 0 Å². The van der Waals surface area contributed by atoms with Crippen molar-refractivity contribution in [1.82, 2.24) is 4.57 Å². The highest BCUT2D eigenvalue weighted by Crippen LogP contribution is 2.49. The molecule has 0 fully saturated rings. The zero-order valence-corrected chi connectivity index (χ0v) is 31.8. The first-order valence-corrected chi connectivity index (χ1v) is 19.9. The second kappa shape index (κ2) is 14.1. The van der Waals surface area contributed by atoms with Gasteiger partial charge in [0, 0.05) is 27.4 Å². The van der Waals surface area contributed by atoms with E-state index in [1.165, 1.54) is 65.7 Å². The first-order chi connectivity index (χ1) is 28.8. The molecule has 0 aliphatic heterocycles. The monoisotopic (exact) mass is 738 g/mol. The maximum atomic E-state index is 2.52. The van der Waals surface area contributed by atoms with E-state index in [4.69, 9.17) is 0 Å². The maximum Gasteiger partial charge on any atom is 0.0562 e. The van der Waals surface area contributed by atoms with Crippen LogP contribution in [-0.2, 0) is 0 Å². The Bertz CT molecular complexity index is 3290. The molecule has 11 aromatic rings. The van der Waals surface area contributed by atoms with Gasteiger partial charge in [-0.3, -0.25) is 0 Å². The number of hydrogen-bond acceptors (Lipinski definition) is 1. The van der Waals surface area contributed by atoms with Crippen molar-refractivity contribution in [3.8, 4) is 39.1 Å². The van der Waals surface area contributed by atoms with Gasteiger partial charge in [0.2, 0.25) is 0 Å². The lowest BCUT2D eigenvalue weighted by molar-refractivity contribution is 1.18. The van der Waals surface area contributed by atoms with Crippen LogP contribution >= 0.6 is 0 Å². The number of nitrogens with zero attached hydrogens (tertiary/aromatic N) is 2. The lowest BCUT2D eigenvalue weighted by atomic mass is 9.94. The molecular weight excluding hydrogens is 701 g/mol. The molecule has 272 valence electrons. The Kier molecular flexibility index (Phi) is 8.19.